The minimum atomic E-state index is 0.700. The number of nitrogens with zero attached hydrogens (tertiary/aromatic N) is 2. The van der Waals surface area contributed by atoms with Gasteiger partial charge in [0.25, 0.3) is 0 Å². The molecule has 2 heterocycles. The average molecular weight is 270 g/mol. The largest absolute Gasteiger partial charge is 0.380 e. The van der Waals surface area contributed by atoms with Crippen LogP contribution in [0, 0.1) is 0 Å². The maximum Gasteiger partial charge on any atom is 0.0788 e. The number of hydrogen-bond acceptors (Lipinski definition) is 3. The Kier molecular flexibility index (Phi) is 4.16. The second kappa shape index (κ2) is 6.23. The molecule has 0 saturated carbocycles. The van der Waals surface area contributed by atoms with Crippen molar-refractivity contribution in [2.75, 3.05) is 26.7 Å². The fourth-order valence-corrected chi connectivity index (χ4v) is 3.10. The van der Waals surface area contributed by atoms with Crippen LogP contribution in [0.15, 0.2) is 41.0 Å². The van der Waals surface area contributed by atoms with Gasteiger partial charge in [0.05, 0.1) is 13.2 Å². The van der Waals surface area contributed by atoms with Gasteiger partial charge in [-0.05, 0) is 36.0 Å². The number of aliphatic imine (C=N–C) groups is 1. The number of piperidine rings is 1. The van der Waals surface area contributed by atoms with Gasteiger partial charge in [0, 0.05) is 32.1 Å². The first-order valence-corrected chi connectivity index (χ1v) is 7.38. The molecule has 0 unspecified atom stereocenters. The summed E-state index contributed by atoms with van der Waals surface area (Å²) in [6.07, 6.45) is 6.55. The summed E-state index contributed by atoms with van der Waals surface area (Å²) >= 11 is 0. The highest BCUT2D eigenvalue weighted by atomic mass is 16.5. The monoisotopic (exact) mass is 270 g/mol. The van der Waals surface area contributed by atoms with Crippen LogP contribution in [0.1, 0.15) is 29.9 Å². The number of benzene rings is 1. The van der Waals surface area contributed by atoms with Gasteiger partial charge in [0.15, 0.2) is 0 Å². The number of methoxy groups -OCH3 is 1. The molecule has 20 heavy (non-hydrogen) atoms. The van der Waals surface area contributed by atoms with Crippen LogP contribution in [-0.4, -0.2) is 37.9 Å². The van der Waals surface area contributed by atoms with Crippen LogP contribution in [0.3, 0.4) is 0 Å². The van der Waals surface area contributed by atoms with Gasteiger partial charge in [-0.2, -0.15) is 0 Å². The quantitative estimate of drug-likeness (QED) is 0.840. The van der Waals surface area contributed by atoms with Crippen molar-refractivity contribution >= 4 is 6.21 Å². The van der Waals surface area contributed by atoms with Crippen LogP contribution in [0.25, 0.3) is 0 Å². The predicted octanol–water partition coefficient (Wildman–Crippen LogP) is 2.98. The third-order valence-electron chi connectivity index (χ3n) is 4.29. The predicted molar refractivity (Wildman–Crippen MR) is 82.1 cm³/mol. The van der Waals surface area contributed by atoms with Crippen LogP contribution in [0.5, 0.6) is 0 Å². The van der Waals surface area contributed by atoms with Crippen molar-refractivity contribution in [2.24, 2.45) is 4.99 Å². The highest BCUT2D eigenvalue weighted by Gasteiger charge is 2.22. The Labute approximate surface area is 121 Å². The maximum absolute atomic E-state index is 5.16. The second-order valence-electron chi connectivity index (χ2n) is 5.58. The third kappa shape index (κ3) is 2.93. The molecule has 3 heteroatoms. The summed E-state index contributed by atoms with van der Waals surface area (Å²) < 4.78 is 5.16. The Balaban J connectivity index is 1.57. The topological polar surface area (TPSA) is 24.8 Å². The smallest absolute Gasteiger partial charge is 0.0788 e. The van der Waals surface area contributed by atoms with Crippen molar-refractivity contribution in [2.45, 2.75) is 25.4 Å². The van der Waals surface area contributed by atoms with E-state index in [-0.39, 0.29) is 0 Å². The van der Waals surface area contributed by atoms with Crippen LogP contribution in [0.2, 0.25) is 0 Å². The normalized spacial score (nSPS) is 19.4. The van der Waals surface area contributed by atoms with E-state index in [2.05, 4.69) is 40.2 Å². The maximum atomic E-state index is 5.16. The Morgan fingerprint density at radius 2 is 1.95 bits per heavy atom. The second-order valence-corrected chi connectivity index (χ2v) is 5.58. The summed E-state index contributed by atoms with van der Waals surface area (Å²) in [6, 6.07) is 8.93. The van der Waals surface area contributed by atoms with E-state index in [1.807, 2.05) is 6.21 Å². The van der Waals surface area contributed by atoms with E-state index in [1.165, 1.54) is 29.7 Å². The molecule has 0 bridgehead atoms. The van der Waals surface area contributed by atoms with Gasteiger partial charge < -0.3 is 9.64 Å². The number of likely N-dealkylation sites (tertiary alicyclic amines) is 1. The van der Waals surface area contributed by atoms with Gasteiger partial charge in [-0.15, -0.1) is 0 Å². The lowest BCUT2D eigenvalue weighted by Gasteiger charge is -2.34. The molecule has 1 aromatic rings. The van der Waals surface area contributed by atoms with Crippen molar-refractivity contribution in [3.05, 3.63) is 47.2 Å². The molecule has 0 aliphatic carbocycles. The fraction of sp³-hybridized carbons (Fsp3) is 0.471. The molecule has 3 rings (SSSR count). The van der Waals surface area contributed by atoms with Crippen LogP contribution in [-0.2, 0) is 11.3 Å². The van der Waals surface area contributed by atoms with E-state index >= 15 is 0 Å². The van der Waals surface area contributed by atoms with Gasteiger partial charge in [-0.25, -0.2) is 0 Å². The molecule has 0 radical (unpaired) electrons. The first kappa shape index (κ1) is 13.4. The Hall–Kier alpha value is -1.61. The molecule has 1 fully saturated rings. The zero-order valence-electron chi connectivity index (χ0n) is 12.1. The first-order chi connectivity index (χ1) is 9.86. The van der Waals surface area contributed by atoms with E-state index in [9.17, 15) is 0 Å². The van der Waals surface area contributed by atoms with Crippen molar-refractivity contribution in [3.8, 4) is 0 Å². The van der Waals surface area contributed by atoms with Gasteiger partial charge in [-0.1, -0.05) is 24.3 Å². The van der Waals surface area contributed by atoms with E-state index in [0.29, 0.717) is 12.5 Å². The van der Waals surface area contributed by atoms with Crippen molar-refractivity contribution < 1.29 is 4.74 Å². The fourth-order valence-electron chi connectivity index (χ4n) is 3.10. The number of allylic oxidation sites excluding steroid dienone is 1. The summed E-state index contributed by atoms with van der Waals surface area (Å²) in [6.45, 7) is 3.88. The molecular weight excluding hydrogens is 248 g/mol. The summed E-state index contributed by atoms with van der Waals surface area (Å²) in [4.78, 5) is 6.76. The lowest BCUT2D eigenvalue weighted by atomic mass is 9.89. The van der Waals surface area contributed by atoms with Crippen molar-refractivity contribution in [1.82, 2.24) is 4.90 Å². The molecule has 0 amide bonds. The highest BCUT2D eigenvalue weighted by Crippen LogP contribution is 2.30. The summed E-state index contributed by atoms with van der Waals surface area (Å²) in [5, 5.41) is 0. The number of hydrogen-bond donors (Lipinski definition) is 0. The van der Waals surface area contributed by atoms with Crippen molar-refractivity contribution in [3.63, 3.8) is 0 Å². The van der Waals surface area contributed by atoms with Crippen LogP contribution < -0.4 is 0 Å². The van der Waals surface area contributed by atoms with E-state index in [0.717, 1.165) is 19.6 Å². The molecule has 0 spiro atoms. The van der Waals surface area contributed by atoms with Crippen molar-refractivity contribution in [1.29, 1.82) is 0 Å². The zero-order chi connectivity index (χ0) is 13.8. The lowest BCUT2D eigenvalue weighted by Crippen LogP contribution is -2.32. The number of rotatable bonds is 4. The first-order valence-electron chi connectivity index (χ1n) is 7.38. The van der Waals surface area contributed by atoms with Gasteiger partial charge in [0.2, 0.25) is 0 Å². The Bertz CT molecular complexity index is 496. The lowest BCUT2D eigenvalue weighted by molar-refractivity contribution is 0.185. The molecule has 0 aromatic heterocycles. The zero-order valence-corrected chi connectivity index (χ0v) is 12.1. The molecule has 1 saturated heterocycles. The van der Waals surface area contributed by atoms with Crippen LogP contribution in [0.4, 0.5) is 0 Å². The molecule has 2 aliphatic heterocycles. The van der Waals surface area contributed by atoms with Crippen LogP contribution >= 0.6 is 0 Å². The van der Waals surface area contributed by atoms with Gasteiger partial charge in [0.1, 0.15) is 0 Å². The molecule has 0 N–H and O–H groups in total. The minimum absolute atomic E-state index is 0.700. The molecule has 106 valence electrons. The molecule has 3 nitrogen and oxygen atoms in total. The minimum Gasteiger partial charge on any atom is -0.380 e. The highest BCUT2D eigenvalue weighted by molar-refractivity contribution is 5.74. The summed E-state index contributed by atoms with van der Waals surface area (Å²) in [5.41, 5.74) is 4.11. The number of ether oxygens (including phenoxy) is 1. The summed E-state index contributed by atoms with van der Waals surface area (Å²) in [5.74, 6) is 0.700. The summed E-state index contributed by atoms with van der Waals surface area (Å²) in [7, 11) is 1.74. The molecular formula is C17H22N2O. The molecule has 0 atom stereocenters. The van der Waals surface area contributed by atoms with E-state index < -0.39 is 0 Å². The van der Waals surface area contributed by atoms with Gasteiger partial charge >= 0.3 is 0 Å². The van der Waals surface area contributed by atoms with E-state index in [1.54, 1.807) is 7.11 Å². The average Bonchev–Trinajstić information content (AvgIpc) is 3.03. The van der Waals surface area contributed by atoms with E-state index in [4.69, 9.17) is 4.74 Å². The third-order valence-corrected chi connectivity index (χ3v) is 4.29. The Morgan fingerprint density at radius 3 is 2.55 bits per heavy atom. The van der Waals surface area contributed by atoms with Gasteiger partial charge in [-0.3, -0.25) is 4.99 Å². The molecule has 2 aliphatic rings. The molecule has 1 aromatic carbocycles. The standard InChI is InChI=1S/C17H22N2O/c1-20-13-14-2-4-15(5-3-14)16-7-10-19(11-8-16)17-6-9-18-12-17/h2-6,9,16H,7-8,10-13H2,1H3. The Morgan fingerprint density at radius 1 is 1.20 bits per heavy atom. The SMILES string of the molecule is COCc1ccc(C2CCN(C3=CC=NC3)CC2)cc1.